The number of nitrogens with zero attached hydrogens (tertiary/aromatic N) is 1. The Morgan fingerprint density at radius 1 is 0.674 bits per heavy atom. The van der Waals surface area contributed by atoms with E-state index in [9.17, 15) is 26.7 Å². The van der Waals surface area contributed by atoms with Gasteiger partial charge < -0.3 is 9.84 Å². The second kappa shape index (κ2) is 12.4. The molecule has 0 aliphatic rings. The molecular weight excluding hydrogens is 588 g/mol. The van der Waals surface area contributed by atoms with E-state index in [0.29, 0.717) is 17.1 Å². The minimum absolute atomic E-state index is 0.0286. The van der Waals surface area contributed by atoms with Crippen molar-refractivity contribution < 1.29 is 31.5 Å². The van der Waals surface area contributed by atoms with Crippen LogP contribution in [-0.4, -0.2) is 27.8 Å². The smallest absolute Gasteiger partial charge is 0.268 e. The van der Waals surface area contributed by atoms with Crippen LogP contribution in [0.25, 0.3) is 0 Å². The molecule has 5 aromatic rings. The average Bonchev–Trinajstić information content (AvgIpc) is 3.01. The van der Waals surface area contributed by atoms with Crippen LogP contribution in [0.2, 0.25) is 0 Å². The van der Waals surface area contributed by atoms with Crippen LogP contribution < -0.4 is 13.8 Å². The molecule has 5 rings (SSSR count). The largest absolute Gasteiger partial charge is 0.507 e. The summed E-state index contributed by atoms with van der Waals surface area (Å²) in [5.74, 6) is -0.629. The van der Waals surface area contributed by atoms with Crippen molar-refractivity contribution >= 4 is 31.6 Å². The summed E-state index contributed by atoms with van der Waals surface area (Å²) in [5.41, 5.74) is 0.390. The van der Waals surface area contributed by atoms with E-state index in [2.05, 4.69) is 0 Å². The monoisotopic (exact) mass is 614 g/mol. The Labute approximate surface area is 249 Å². The molecule has 5 aromatic carbocycles. The number of ether oxygens (including phenoxy) is 1. The van der Waals surface area contributed by atoms with Crippen LogP contribution in [0, 0.1) is 0 Å². The van der Waals surface area contributed by atoms with E-state index in [1.165, 1.54) is 48.5 Å². The number of amides is 1. The van der Waals surface area contributed by atoms with Gasteiger partial charge in [-0.15, -0.1) is 0 Å². The van der Waals surface area contributed by atoms with Gasteiger partial charge in [0.25, 0.3) is 26.0 Å². The number of rotatable bonds is 10. The number of hydrogen-bond acceptors (Lipinski definition) is 7. The Bertz CT molecular complexity index is 1930. The van der Waals surface area contributed by atoms with Gasteiger partial charge in [0.05, 0.1) is 27.6 Å². The Morgan fingerprint density at radius 3 is 1.84 bits per heavy atom. The third-order valence-corrected chi connectivity index (χ3v) is 9.49. The van der Waals surface area contributed by atoms with Crippen LogP contribution in [0.1, 0.15) is 15.9 Å². The maximum atomic E-state index is 13.9. The highest BCUT2D eigenvalue weighted by Crippen LogP contribution is 2.32. The molecule has 43 heavy (non-hydrogen) atoms. The molecule has 0 heterocycles. The molecule has 0 unspecified atom stereocenters. The fourth-order valence-electron chi connectivity index (χ4n) is 4.20. The molecular formula is C32H26N2O7S2. The highest BCUT2D eigenvalue weighted by molar-refractivity contribution is 7.92. The van der Waals surface area contributed by atoms with E-state index in [-0.39, 0.29) is 27.6 Å². The fourth-order valence-corrected chi connectivity index (χ4v) is 6.63. The van der Waals surface area contributed by atoms with Gasteiger partial charge in [-0.2, -0.15) is 0 Å². The second-order valence-electron chi connectivity index (χ2n) is 9.33. The predicted octanol–water partition coefficient (Wildman–Crippen LogP) is 5.70. The molecule has 0 bridgehead atoms. The van der Waals surface area contributed by atoms with Crippen molar-refractivity contribution in [3.05, 3.63) is 145 Å². The average molecular weight is 615 g/mol. The van der Waals surface area contributed by atoms with Crippen molar-refractivity contribution in [1.82, 2.24) is 4.72 Å². The van der Waals surface area contributed by atoms with Crippen molar-refractivity contribution in [1.29, 1.82) is 0 Å². The summed E-state index contributed by atoms with van der Waals surface area (Å²) in [6.07, 6.45) is 0. The quantitative estimate of drug-likeness (QED) is 0.206. The number of para-hydroxylation sites is 1. The topological polar surface area (TPSA) is 130 Å². The zero-order chi connectivity index (χ0) is 30.5. The van der Waals surface area contributed by atoms with Crippen molar-refractivity contribution in [2.45, 2.75) is 16.3 Å². The van der Waals surface area contributed by atoms with Crippen molar-refractivity contribution in [3.63, 3.8) is 0 Å². The van der Waals surface area contributed by atoms with Crippen molar-refractivity contribution in [3.8, 4) is 17.2 Å². The first-order chi connectivity index (χ1) is 20.6. The number of benzene rings is 5. The predicted molar refractivity (Wildman–Crippen MR) is 162 cm³/mol. The van der Waals surface area contributed by atoms with Crippen molar-refractivity contribution in [2.24, 2.45) is 0 Å². The first-order valence-electron chi connectivity index (χ1n) is 13.0. The number of carbonyl (C=O) groups excluding carboxylic acids is 1. The molecule has 0 atom stereocenters. The third kappa shape index (κ3) is 6.85. The molecule has 218 valence electrons. The maximum Gasteiger partial charge on any atom is 0.268 e. The zero-order valence-corrected chi connectivity index (χ0v) is 24.2. The van der Waals surface area contributed by atoms with E-state index >= 15 is 0 Å². The number of aromatic hydroxyl groups is 1. The molecule has 0 radical (unpaired) electrons. The Balaban J connectivity index is 1.45. The van der Waals surface area contributed by atoms with Gasteiger partial charge in [-0.05, 0) is 66.2 Å². The van der Waals surface area contributed by atoms with E-state index < -0.39 is 31.7 Å². The lowest BCUT2D eigenvalue weighted by Gasteiger charge is -2.25. The fraction of sp³-hybridized carbons (Fsp3) is 0.0312. The molecule has 0 spiro atoms. The molecule has 2 N–H and O–H groups in total. The molecule has 0 saturated heterocycles. The van der Waals surface area contributed by atoms with Gasteiger partial charge in [0, 0.05) is 6.07 Å². The van der Waals surface area contributed by atoms with E-state index in [1.807, 2.05) is 22.9 Å². The lowest BCUT2D eigenvalue weighted by Crippen LogP contribution is -2.32. The molecule has 0 aliphatic heterocycles. The summed E-state index contributed by atoms with van der Waals surface area (Å²) in [6, 6.07) is 34.7. The van der Waals surface area contributed by atoms with Gasteiger partial charge in [-0.25, -0.2) is 21.6 Å². The lowest BCUT2D eigenvalue weighted by atomic mass is 10.1. The minimum Gasteiger partial charge on any atom is -0.507 e. The Morgan fingerprint density at radius 2 is 1.23 bits per heavy atom. The number of carbonyl (C=O) groups is 1. The SMILES string of the molecule is O=C(NS(=O)(=O)c1ccccc1)c1ccc(N(Cc2ccccc2)S(=O)(=O)c2ccc(Oc3ccccc3)cc2)cc1O. The highest BCUT2D eigenvalue weighted by Gasteiger charge is 2.27. The molecule has 11 heteroatoms. The van der Waals surface area contributed by atoms with Gasteiger partial charge in [0.15, 0.2) is 0 Å². The first-order valence-corrected chi connectivity index (χ1v) is 15.9. The number of phenols is 1. The van der Waals surface area contributed by atoms with Crippen LogP contribution >= 0.6 is 0 Å². The Kier molecular flexibility index (Phi) is 8.46. The molecule has 1 amide bonds. The van der Waals surface area contributed by atoms with Crippen LogP contribution in [0.5, 0.6) is 17.2 Å². The third-order valence-electron chi connectivity index (χ3n) is 6.35. The normalized spacial score (nSPS) is 11.4. The van der Waals surface area contributed by atoms with E-state index in [1.54, 1.807) is 60.7 Å². The minimum atomic E-state index is -4.20. The molecule has 0 saturated carbocycles. The standard InChI is InChI=1S/C32H26N2O7S2/c35-31-22-25(16-21-30(31)32(36)33-42(37,38)28-14-8-3-9-15-28)34(23-24-10-4-1-5-11-24)43(39,40)29-19-17-27(18-20-29)41-26-12-6-2-7-13-26/h1-22,35H,23H2,(H,33,36). The second-order valence-corrected chi connectivity index (χ2v) is 12.9. The first kappa shape index (κ1) is 29.4. The number of hydrogen-bond donors (Lipinski definition) is 2. The van der Waals surface area contributed by atoms with Crippen LogP contribution in [0.4, 0.5) is 5.69 Å². The number of nitrogens with one attached hydrogen (secondary N) is 1. The van der Waals surface area contributed by atoms with Crippen LogP contribution in [0.3, 0.4) is 0 Å². The van der Waals surface area contributed by atoms with Crippen LogP contribution in [-0.2, 0) is 26.6 Å². The van der Waals surface area contributed by atoms with E-state index in [0.717, 1.165) is 10.4 Å². The lowest BCUT2D eigenvalue weighted by molar-refractivity contribution is 0.0979. The van der Waals surface area contributed by atoms with Gasteiger partial charge in [-0.1, -0.05) is 66.7 Å². The summed E-state index contributed by atoms with van der Waals surface area (Å²) in [7, 11) is -8.39. The molecule has 9 nitrogen and oxygen atoms in total. The summed E-state index contributed by atoms with van der Waals surface area (Å²) < 4.78 is 61.9. The maximum absolute atomic E-state index is 13.9. The van der Waals surface area contributed by atoms with Crippen LogP contribution in [0.15, 0.2) is 143 Å². The van der Waals surface area contributed by atoms with Gasteiger partial charge in [0.2, 0.25) is 0 Å². The van der Waals surface area contributed by atoms with Gasteiger partial charge in [0.1, 0.15) is 17.2 Å². The molecule has 0 aromatic heterocycles. The Hall–Kier alpha value is -5.13. The number of sulfonamides is 2. The highest BCUT2D eigenvalue weighted by atomic mass is 32.2. The molecule has 0 aliphatic carbocycles. The number of anilines is 1. The van der Waals surface area contributed by atoms with Crippen molar-refractivity contribution in [2.75, 3.05) is 4.31 Å². The summed E-state index contributed by atoms with van der Waals surface area (Å²) in [5, 5.41) is 10.8. The summed E-state index contributed by atoms with van der Waals surface area (Å²) in [4.78, 5) is 12.7. The zero-order valence-electron chi connectivity index (χ0n) is 22.6. The summed E-state index contributed by atoms with van der Waals surface area (Å²) >= 11 is 0. The summed E-state index contributed by atoms with van der Waals surface area (Å²) in [6.45, 7) is -0.0845. The van der Waals surface area contributed by atoms with E-state index in [4.69, 9.17) is 4.74 Å². The van der Waals surface area contributed by atoms with Gasteiger partial charge in [-0.3, -0.25) is 9.10 Å². The number of phenolic OH excluding ortho intramolecular Hbond substituents is 1. The van der Waals surface area contributed by atoms with Gasteiger partial charge >= 0.3 is 0 Å². The molecule has 0 fully saturated rings.